The van der Waals surface area contributed by atoms with Gasteiger partial charge in [0.05, 0.1) is 12.7 Å². The van der Waals surface area contributed by atoms with E-state index in [-0.39, 0.29) is 5.82 Å². The molecule has 0 amide bonds. The summed E-state index contributed by atoms with van der Waals surface area (Å²) in [5, 5.41) is 3.11. The highest BCUT2D eigenvalue weighted by molar-refractivity contribution is 9.10. The first kappa shape index (κ1) is 12.3. The molecule has 2 rings (SSSR count). The summed E-state index contributed by atoms with van der Waals surface area (Å²) in [5.74, 6) is 0.861. The quantitative estimate of drug-likeness (QED) is 0.941. The van der Waals surface area contributed by atoms with Crippen molar-refractivity contribution in [1.29, 1.82) is 0 Å². The zero-order valence-corrected chi connectivity index (χ0v) is 10.9. The van der Waals surface area contributed by atoms with Gasteiger partial charge in [-0.2, -0.15) is 0 Å². The molecule has 0 saturated carbocycles. The number of hydrogen-bond acceptors (Lipinski definition) is 3. The Morgan fingerprint density at radius 3 is 2.94 bits per heavy atom. The minimum absolute atomic E-state index is 0.306. The maximum Gasteiger partial charge on any atom is 0.208 e. The molecule has 5 heteroatoms. The molecular weight excluding hydrogens is 287 g/mol. The van der Waals surface area contributed by atoms with Gasteiger partial charge in [-0.15, -0.1) is 0 Å². The van der Waals surface area contributed by atoms with Gasteiger partial charge in [0.1, 0.15) is 5.82 Å². The molecular formula is C12H12BrFN2O. The molecule has 0 aliphatic heterocycles. The van der Waals surface area contributed by atoms with Crippen molar-refractivity contribution in [3.05, 3.63) is 40.6 Å². The number of hydrogen-bond donors (Lipinski definition) is 1. The Balaban J connectivity index is 2.24. The van der Waals surface area contributed by atoms with Gasteiger partial charge >= 0.3 is 0 Å². The Labute approximate surface area is 107 Å². The van der Waals surface area contributed by atoms with Crippen molar-refractivity contribution < 1.29 is 8.81 Å². The second-order valence-electron chi connectivity index (χ2n) is 3.56. The highest BCUT2D eigenvalue weighted by Crippen LogP contribution is 2.25. The molecule has 17 heavy (non-hydrogen) atoms. The maximum absolute atomic E-state index is 13.2. The van der Waals surface area contributed by atoms with Crippen LogP contribution >= 0.6 is 15.9 Å². The molecule has 0 saturated heterocycles. The fourth-order valence-corrected chi connectivity index (χ4v) is 1.92. The molecule has 1 aromatic carbocycles. The lowest BCUT2D eigenvalue weighted by Gasteiger charge is -1.99. The smallest absolute Gasteiger partial charge is 0.208 e. The van der Waals surface area contributed by atoms with Gasteiger partial charge in [-0.1, -0.05) is 22.9 Å². The normalized spacial score (nSPS) is 10.8. The Hall–Kier alpha value is -1.20. The standard InChI is InChI=1S/C12H12BrFN2O/c1-2-15-7-12-16-6-11(17-12)8-3-9(13)5-10(14)4-8/h3-6,15H,2,7H2,1H3. The average Bonchev–Trinajstić information content (AvgIpc) is 2.73. The Kier molecular flexibility index (Phi) is 3.91. The first-order chi connectivity index (χ1) is 8.19. The van der Waals surface area contributed by atoms with Crippen molar-refractivity contribution in [3.8, 4) is 11.3 Å². The zero-order chi connectivity index (χ0) is 12.3. The monoisotopic (exact) mass is 298 g/mol. The summed E-state index contributed by atoms with van der Waals surface area (Å²) in [6, 6.07) is 4.61. The lowest BCUT2D eigenvalue weighted by molar-refractivity contribution is 0.482. The summed E-state index contributed by atoms with van der Waals surface area (Å²) in [6.45, 7) is 3.43. The van der Waals surface area contributed by atoms with Crippen molar-refractivity contribution in [1.82, 2.24) is 10.3 Å². The van der Waals surface area contributed by atoms with Crippen LogP contribution in [0.2, 0.25) is 0 Å². The molecule has 0 bridgehead atoms. The van der Waals surface area contributed by atoms with Crippen LogP contribution in [0.25, 0.3) is 11.3 Å². The molecule has 0 atom stereocenters. The second-order valence-corrected chi connectivity index (χ2v) is 4.47. The summed E-state index contributed by atoms with van der Waals surface area (Å²) in [4.78, 5) is 4.12. The molecule has 0 aliphatic rings. The van der Waals surface area contributed by atoms with Crippen LogP contribution in [0, 0.1) is 5.82 Å². The number of rotatable bonds is 4. The third-order valence-corrected chi connectivity index (χ3v) is 2.68. The van der Waals surface area contributed by atoms with Crippen LogP contribution in [0.3, 0.4) is 0 Å². The lowest BCUT2D eigenvalue weighted by Crippen LogP contribution is -2.11. The number of nitrogens with zero attached hydrogens (tertiary/aromatic N) is 1. The van der Waals surface area contributed by atoms with Crippen LogP contribution in [0.15, 0.2) is 33.3 Å². The summed E-state index contributed by atoms with van der Waals surface area (Å²) < 4.78 is 19.4. The van der Waals surface area contributed by atoms with Gasteiger partial charge in [-0.05, 0) is 24.7 Å². The van der Waals surface area contributed by atoms with E-state index in [1.54, 1.807) is 12.3 Å². The van der Waals surface area contributed by atoms with Crippen molar-refractivity contribution in [2.75, 3.05) is 6.54 Å². The van der Waals surface area contributed by atoms with E-state index in [4.69, 9.17) is 4.42 Å². The SMILES string of the molecule is CCNCc1ncc(-c2cc(F)cc(Br)c2)o1. The molecule has 0 fully saturated rings. The Bertz CT molecular complexity index is 493. The van der Waals surface area contributed by atoms with E-state index in [0.29, 0.717) is 28.2 Å². The summed E-state index contributed by atoms with van der Waals surface area (Å²) >= 11 is 3.24. The van der Waals surface area contributed by atoms with Crippen LogP contribution in [-0.4, -0.2) is 11.5 Å². The average molecular weight is 299 g/mol. The van der Waals surface area contributed by atoms with Gasteiger partial charge in [0.15, 0.2) is 5.76 Å². The van der Waals surface area contributed by atoms with E-state index < -0.39 is 0 Å². The first-order valence-corrected chi connectivity index (χ1v) is 6.10. The molecule has 1 heterocycles. The molecule has 0 aliphatic carbocycles. The van der Waals surface area contributed by atoms with Crippen LogP contribution in [-0.2, 0) is 6.54 Å². The summed E-state index contributed by atoms with van der Waals surface area (Å²) in [6.07, 6.45) is 1.61. The molecule has 1 N–H and O–H groups in total. The third-order valence-electron chi connectivity index (χ3n) is 2.23. The molecule has 3 nitrogen and oxygen atoms in total. The number of aromatic nitrogens is 1. The predicted molar refractivity (Wildman–Crippen MR) is 67.0 cm³/mol. The van der Waals surface area contributed by atoms with Crippen molar-refractivity contribution >= 4 is 15.9 Å². The predicted octanol–water partition coefficient (Wildman–Crippen LogP) is 3.35. The highest BCUT2D eigenvalue weighted by atomic mass is 79.9. The van der Waals surface area contributed by atoms with E-state index in [0.717, 1.165) is 6.54 Å². The van der Waals surface area contributed by atoms with Crippen molar-refractivity contribution in [2.45, 2.75) is 13.5 Å². The fraction of sp³-hybridized carbons (Fsp3) is 0.250. The maximum atomic E-state index is 13.2. The van der Waals surface area contributed by atoms with E-state index >= 15 is 0 Å². The van der Waals surface area contributed by atoms with Gasteiger partial charge in [-0.3, -0.25) is 0 Å². The van der Waals surface area contributed by atoms with Gasteiger partial charge in [0.2, 0.25) is 5.89 Å². The molecule has 1 aromatic heterocycles. The number of halogens is 2. The van der Waals surface area contributed by atoms with Gasteiger partial charge in [-0.25, -0.2) is 9.37 Å². The largest absolute Gasteiger partial charge is 0.439 e. The number of benzene rings is 1. The molecule has 0 unspecified atom stereocenters. The Morgan fingerprint density at radius 2 is 2.24 bits per heavy atom. The molecule has 2 aromatic rings. The molecule has 90 valence electrons. The van der Waals surface area contributed by atoms with Crippen LogP contribution < -0.4 is 5.32 Å². The van der Waals surface area contributed by atoms with Gasteiger partial charge < -0.3 is 9.73 Å². The van der Waals surface area contributed by atoms with Crippen LogP contribution in [0.4, 0.5) is 4.39 Å². The minimum Gasteiger partial charge on any atom is -0.439 e. The highest BCUT2D eigenvalue weighted by Gasteiger charge is 2.08. The van der Waals surface area contributed by atoms with Crippen LogP contribution in [0.5, 0.6) is 0 Å². The second kappa shape index (κ2) is 5.42. The third kappa shape index (κ3) is 3.14. The van der Waals surface area contributed by atoms with E-state index in [2.05, 4.69) is 26.2 Å². The number of nitrogens with one attached hydrogen (secondary N) is 1. The summed E-state index contributed by atoms with van der Waals surface area (Å²) in [7, 11) is 0. The number of oxazole rings is 1. The molecule has 0 radical (unpaired) electrons. The lowest BCUT2D eigenvalue weighted by atomic mass is 10.2. The summed E-state index contributed by atoms with van der Waals surface area (Å²) in [5.41, 5.74) is 0.673. The first-order valence-electron chi connectivity index (χ1n) is 5.31. The van der Waals surface area contributed by atoms with E-state index in [1.165, 1.54) is 12.1 Å². The Morgan fingerprint density at radius 1 is 1.41 bits per heavy atom. The zero-order valence-electron chi connectivity index (χ0n) is 9.34. The van der Waals surface area contributed by atoms with Crippen LogP contribution in [0.1, 0.15) is 12.8 Å². The van der Waals surface area contributed by atoms with Gasteiger partial charge in [0.25, 0.3) is 0 Å². The topological polar surface area (TPSA) is 38.1 Å². The van der Waals surface area contributed by atoms with Crippen molar-refractivity contribution in [3.63, 3.8) is 0 Å². The van der Waals surface area contributed by atoms with Gasteiger partial charge in [0, 0.05) is 10.0 Å². The minimum atomic E-state index is -0.306. The van der Waals surface area contributed by atoms with Crippen molar-refractivity contribution in [2.24, 2.45) is 0 Å². The van der Waals surface area contributed by atoms with E-state index in [9.17, 15) is 4.39 Å². The van der Waals surface area contributed by atoms with E-state index in [1.807, 2.05) is 6.92 Å². The molecule has 0 spiro atoms. The fourth-order valence-electron chi connectivity index (χ4n) is 1.45.